The van der Waals surface area contributed by atoms with Crippen LogP contribution >= 0.6 is 0 Å². The molecule has 13 heteroatoms. The molecule has 0 fully saturated rings. The van der Waals surface area contributed by atoms with Crippen molar-refractivity contribution in [3.63, 3.8) is 0 Å². The van der Waals surface area contributed by atoms with Crippen LogP contribution in [-0.4, -0.2) is 46.4 Å². The molecule has 0 aromatic carbocycles. The standard InChI is InChI=1S/C16H20F6O7/c1-3-7(9(5-11(23)24)15(17,18)19)13(27)29-14(28)8(4-2)10(6-12(25)26)16(20,21)22/h7-10H,3-6H2,1-2H3,(H,23,24)(H,25,26). The van der Waals surface area contributed by atoms with E-state index >= 15 is 0 Å². The Bertz CT molecular complexity index is 562. The zero-order chi connectivity index (χ0) is 23.2. The van der Waals surface area contributed by atoms with Crippen LogP contribution in [-0.2, 0) is 23.9 Å². The fourth-order valence-electron chi connectivity index (χ4n) is 2.83. The van der Waals surface area contributed by atoms with Crippen LogP contribution in [0.15, 0.2) is 0 Å². The summed E-state index contributed by atoms with van der Waals surface area (Å²) >= 11 is 0. The van der Waals surface area contributed by atoms with Crippen LogP contribution in [0.1, 0.15) is 39.5 Å². The van der Waals surface area contributed by atoms with Gasteiger partial charge >= 0.3 is 36.2 Å². The Kier molecular flexibility index (Phi) is 9.60. The van der Waals surface area contributed by atoms with Gasteiger partial charge in [0.15, 0.2) is 0 Å². The molecule has 0 aliphatic carbocycles. The van der Waals surface area contributed by atoms with E-state index in [0.29, 0.717) is 0 Å². The topological polar surface area (TPSA) is 118 Å². The summed E-state index contributed by atoms with van der Waals surface area (Å²) in [5.41, 5.74) is 0. The summed E-state index contributed by atoms with van der Waals surface area (Å²) < 4.78 is 82.8. The van der Waals surface area contributed by atoms with Crippen molar-refractivity contribution in [2.45, 2.75) is 51.9 Å². The van der Waals surface area contributed by atoms with Gasteiger partial charge < -0.3 is 14.9 Å². The Labute approximate surface area is 161 Å². The number of hydrogen-bond donors (Lipinski definition) is 2. The molecule has 4 unspecified atom stereocenters. The molecule has 0 spiro atoms. The first-order valence-corrected chi connectivity index (χ1v) is 8.38. The van der Waals surface area contributed by atoms with Gasteiger partial charge in [0.1, 0.15) is 0 Å². The minimum atomic E-state index is -5.15. The van der Waals surface area contributed by atoms with E-state index in [2.05, 4.69) is 4.74 Å². The van der Waals surface area contributed by atoms with E-state index < -0.39 is 85.6 Å². The summed E-state index contributed by atoms with van der Waals surface area (Å²) in [6.07, 6.45) is -14.5. The molecule has 0 aliphatic heterocycles. The summed E-state index contributed by atoms with van der Waals surface area (Å²) in [7, 11) is 0. The van der Waals surface area contributed by atoms with Gasteiger partial charge in [0, 0.05) is 0 Å². The van der Waals surface area contributed by atoms with Crippen LogP contribution in [0.4, 0.5) is 26.3 Å². The van der Waals surface area contributed by atoms with E-state index in [-0.39, 0.29) is 0 Å². The van der Waals surface area contributed by atoms with Gasteiger partial charge in [0.25, 0.3) is 0 Å². The number of hydrogen-bond acceptors (Lipinski definition) is 5. The summed E-state index contributed by atoms with van der Waals surface area (Å²) in [5.74, 6) is -17.1. The number of aliphatic carboxylic acids is 2. The lowest BCUT2D eigenvalue weighted by Gasteiger charge is -2.28. The van der Waals surface area contributed by atoms with E-state index in [9.17, 15) is 45.5 Å². The van der Waals surface area contributed by atoms with Gasteiger partial charge in [-0.3, -0.25) is 19.2 Å². The number of carboxylic acid groups (broad SMARTS) is 2. The molecule has 0 rings (SSSR count). The zero-order valence-corrected chi connectivity index (χ0v) is 15.3. The predicted octanol–water partition coefficient (Wildman–Crippen LogP) is 3.42. The quantitative estimate of drug-likeness (QED) is 0.305. The Balaban J connectivity index is 5.65. The highest BCUT2D eigenvalue weighted by Gasteiger charge is 2.51. The summed E-state index contributed by atoms with van der Waals surface area (Å²) in [4.78, 5) is 45.4. The second-order valence-electron chi connectivity index (χ2n) is 6.26. The molecule has 4 atom stereocenters. The molecule has 0 bridgehead atoms. The molecular weight excluding hydrogens is 418 g/mol. The van der Waals surface area contributed by atoms with Crippen LogP contribution in [0, 0.1) is 23.7 Å². The van der Waals surface area contributed by atoms with Gasteiger partial charge in [-0.05, 0) is 12.8 Å². The monoisotopic (exact) mass is 438 g/mol. The van der Waals surface area contributed by atoms with Crippen molar-refractivity contribution >= 4 is 23.9 Å². The van der Waals surface area contributed by atoms with Crippen molar-refractivity contribution in [3.8, 4) is 0 Å². The van der Waals surface area contributed by atoms with Crippen molar-refractivity contribution in [2.24, 2.45) is 23.7 Å². The highest BCUT2D eigenvalue weighted by atomic mass is 19.4. The first-order chi connectivity index (χ1) is 13.1. The second kappa shape index (κ2) is 10.4. The molecule has 7 nitrogen and oxygen atoms in total. The molecule has 2 N–H and O–H groups in total. The predicted molar refractivity (Wildman–Crippen MR) is 82.3 cm³/mol. The number of alkyl halides is 6. The third-order valence-corrected chi connectivity index (χ3v) is 4.29. The first-order valence-electron chi connectivity index (χ1n) is 8.38. The van der Waals surface area contributed by atoms with E-state index in [1.165, 1.54) is 0 Å². The maximum absolute atomic E-state index is 13.1. The van der Waals surface area contributed by atoms with E-state index in [0.717, 1.165) is 13.8 Å². The highest BCUT2D eigenvalue weighted by Crippen LogP contribution is 2.39. The molecule has 0 saturated carbocycles. The first kappa shape index (κ1) is 26.7. The summed E-state index contributed by atoms with van der Waals surface area (Å²) in [6.45, 7) is 2.16. The molecule has 0 aromatic heterocycles. The Morgan fingerprint density at radius 2 is 1.00 bits per heavy atom. The van der Waals surface area contributed by atoms with Crippen LogP contribution in [0.25, 0.3) is 0 Å². The van der Waals surface area contributed by atoms with Gasteiger partial charge in [0.2, 0.25) is 0 Å². The third kappa shape index (κ3) is 8.28. The van der Waals surface area contributed by atoms with Gasteiger partial charge in [-0.25, -0.2) is 0 Å². The summed E-state index contributed by atoms with van der Waals surface area (Å²) in [6, 6.07) is 0. The number of carbonyl (C=O) groups is 4. The number of carbonyl (C=O) groups excluding carboxylic acids is 2. The Morgan fingerprint density at radius 3 is 1.17 bits per heavy atom. The average Bonchev–Trinajstić information content (AvgIpc) is 2.51. The lowest BCUT2D eigenvalue weighted by Crippen LogP contribution is -2.41. The molecule has 29 heavy (non-hydrogen) atoms. The van der Waals surface area contributed by atoms with Gasteiger partial charge in [0.05, 0.1) is 36.5 Å². The maximum atomic E-state index is 13.1. The molecule has 0 heterocycles. The van der Waals surface area contributed by atoms with Gasteiger partial charge in [-0.15, -0.1) is 0 Å². The largest absolute Gasteiger partial charge is 0.481 e. The zero-order valence-electron chi connectivity index (χ0n) is 15.3. The van der Waals surface area contributed by atoms with Crippen molar-refractivity contribution < 1.29 is 60.5 Å². The molecule has 0 saturated heterocycles. The minimum Gasteiger partial charge on any atom is -0.481 e. The fraction of sp³-hybridized carbons (Fsp3) is 0.750. The molecule has 0 aliphatic rings. The Hall–Kier alpha value is -2.34. The maximum Gasteiger partial charge on any atom is 0.393 e. The summed E-state index contributed by atoms with van der Waals surface area (Å²) in [5, 5.41) is 17.3. The van der Waals surface area contributed by atoms with E-state index in [1.807, 2.05) is 0 Å². The number of esters is 2. The van der Waals surface area contributed by atoms with E-state index in [4.69, 9.17) is 10.2 Å². The van der Waals surface area contributed by atoms with E-state index in [1.54, 1.807) is 0 Å². The average molecular weight is 438 g/mol. The SMILES string of the molecule is CCC(C(=O)OC(=O)C(CC)C(CC(=O)O)C(F)(F)F)C(CC(=O)O)C(F)(F)F. The number of carboxylic acids is 2. The van der Waals surface area contributed by atoms with Crippen LogP contribution in [0.5, 0.6) is 0 Å². The number of ether oxygens (including phenoxy) is 1. The van der Waals surface area contributed by atoms with Gasteiger partial charge in [-0.2, -0.15) is 26.3 Å². The molecule has 0 radical (unpaired) electrons. The smallest absolute Gasteiger partial charge is 0.393 e. The number of halogens is 6. The van der Waals surface area contributed by atoms with Crippen molar-refractivity contribution in [1.29, 1.82) is 0 Å². The minimum absolute atomic E-state index is 0.599. The molecule has 0 amide bonds. The number of rotatable bonds is 10. The molecule has 168 valence electrons. The Morgan fingerprint density at radius 1 is 0.724 bits per heavy atom. The van der Waals surface area contributed by atoms with Crippen molar-refractivity contribution in [2.75, 3.05) is 0 Å². The highest BCUT2D eigenvalue weighted by molar-refractivity contribution is 5.88. The lowest BCUT2D eigenvalue weighted by atomic mass is 9.85. The molecule has 0 aromatic rings. The van der Waals surface area contributed by atoms with Crippen LogP contribution < -0.4 is 0 Å². The third-order valence-electron chi connectivity index (χ3n) is 4.29. The van der Waals surface area contributed by atoms with Gasteiger partial charge in [-0.1, -0.05) is 13.8 Å². The fourth-order valence-corrected chi connectivity index (χ4v) is 2.83. The van der Waals surface area contributed by atoms with Crippen LogP contribution in [0.2, 0.25) is 0 Å². The van der Waals surface area contributed by atoms with Crippen molar-refractivity contribution in [1.82, 2.24) is 0 Å². The lowest BCUT2D eigenvalue weighted by molar-refractivity contribution is -0.210. The molecular formula is C16H20F6O7. The second-order valence-corrected chi connectivity index (χ2v) is 6.26. The van der Waals surface area contributed by atoms with Crippen molar-refractivity contribution in [3.05, 3.63) is 0 Å². The normalized spacial score (nSPS) is 16.4. The van der Waals surface area contributed by atoms with Crippen LogP contribution in [0.3, 0.4) is 0 Å².